The zero-order valence-corrected chi connectivity index (χ0v) is 13.0. The first-order valence-corrected chi connectivity index (χ1v) is 7.66. The number of Topliss-reactive ketones (excluding diaryl/α,β-unsaturated/α-hetero) is 1. The fraction of sp³-hybridized carbons (Fsp3) is 0.533. The molecule has 1 heterocycles. The molecule has 5 heteroatoms. The first-order chi connectivity index (χ1) is 9.54. The van der Waals surface area contributed by atoms with Crippen molar-refractivity contribution in [3.63, 3.8) is 0 Å². The van der Waals surface area contributed by atoms with Crippen LogP contribution in [-0.4, -0.2) is 41.0 Å². The summed E-state index contributed by atoms with van der Waals surface area (Å²) in [7, 11) is 0. The number of piperidine rings is 1. The number of carbonyl (C=O) groups excluding carboxylic acids is 1. The van der Waals surface area contributed by atoms with Gasteiger partial charge in [-0.25, -0.2) is 0 Å². The molecule has 0 spiro atoms. The first-order valence-electron chi connectivity index (χ1n) is 6.90. The molecule has 1 aliphatic rings. The van der Waals surface area contributed by atoms with E-state index in [1.165, 1.54) is 0 Å². The Labute approximate surface area is 129 Å². The van der Waals surface area contributed by atoms with Gasteiger partial charge in [0.15, 0.2) is 5.78 Å². The van der Waals surface area contributed by atoms with Crippen molar-refractivity contribution >= 4 is 29.0 Å². The molecular formula is C15H19Cl2NO2. The fourth-order valence-electron chi connectivity index (χ4n) is 2.79. The molecule has 2 atom stereocenters. The molecule has 110 valence electrons. The topological polar surface area (TPSA) is 40.5 Å². The minimum Gasteiger partial charge on any atom is -0.395 e. The van der Waals surface area contributed by atoms with Crippen LogP contribution in [0, 0.1) is 0 Å². The Bertz CT molecular complexity index is 493. The van der Waals surface area contributed by atoms with Crippen LogP contribution >= 0.6 is 23.2 Å². The largest absolute Gasteiger partial charge is 0.395 e. The summed E-state index contributed by atoms with van der Waals surface area (Å²) in [6.45, 7) is 2.80. The van der Waals surface area contributed by atoms with Gasteiger partial charge < -0.3 is 5.11 Å². The van der Waals surface area contributed by atoms with Crippen LogP contribution < -0.4 is 0 Å². The normalized spacial score (nSPS) is 21.7. The molecule has 2 unspecified atom stereocenters. The van der Waals surface area contributed by atoms with E-state index >= 15 is 0 Å². The van der Waals surface area contributed by atoms with Crippen molar-refractivity contribution in [2.45, 2.75) is 38.3 Å². The molecule has 0 saturated carbocycles. The minimum absolute atomic E-state index is 0.0213. The summed E-state index contributed by atoms with van der Waals surface area (Å²) in [5.74, 6) is -0.0213. The monoisotopic (exact) mass is 315 g/mol. The van der Waals surface area contributed by atoms with E-state index in [0.717, 1.165) is 25.8 Å². The predicted octanol–water partition coefficient (Wildman–Crippen LogP) is 3.41. The van der Waals surface area contributed by atoms with Crippen LogP contribution in [0.1, 0.15) is 36.5 Å². The number of halogens is 2. The third-order valence-electron chi connectivity index (χ3n) is 3.96. The third kappa shape index (κ3) is 3.34. The van der Waals surface area contributed by atoms with E-state index < -0.39 is 0 Å². The molecule has 0 aliphatic carbocycles. The number of likely N-dealkylation sites (tertiary alicyclic amines) is 1. The quantitative estimate of drug-likeness (QED) is 0.866. The Balaban J connectivity index is 2.18. The lowest BCUT2D eigenvalue weighted by molar-refractivity contribution is 0.0491. The highest BCUT2D eigenvalue weighted by molar-refractivity contribution is 6.37. The Morgan fingerprint density at radius 1 is 1.45 bits per heavy atom. The van der Waals surface area contributed by atoms with Crippen LogP contribution in [0.15, 0.2) is 18.2 Å². The zero-order chi connectivity index (χ0) is 14.7. The molecule has 1 fully saturated rings. The molecule has 20 heavy (non-hydrogen) atoms. The summed E-state index contributed by atoms with van der Waals surface area (Å²) in [6, 6.07) is 4.71. The molecule has 0 amide bonds. The SMILES string of the molecule is CC(C(=O)c1ccc(Cl)cc1Cl)N1CCCCC1CO. The van der Waals surface area contributed by atoms with Crippen molar-refractivity contribution in [2.75, 3.05) is 13.2 Å². The highest BCUT2D eigenvalue weighted by Gasteiger charge is 2.30. The molecule has 2 rings (SSSR count). The average molecular weight is 316 g/mol. The van der Waals surface area contributed by atoms with Crippen molar-refractivity contribution in [3.05, 3.63) is 33.8 Å². The average Bonchev–Trinajstić information content (AvgIpc) is 2.45. The molecular weight excluding hydrogens is 297 g/mol. The van der Waals surface area contributed by atoms with Gasteiger partial charge >= 0.3 is 0 Å². The van der Waals surface area contributed by atoms with Crippen molar-refractivity contribution in [1.82, 2.24) is 4.90 Å². The third-order valence-corrected chi connectivity index (χ3v) is 4.50. The molecule has 0 bridgehead atoms. The molecule has 0 radical (unpaired) electrons. The second-order valence-electron chi connectivity index (χ2n) is 5.23. The Hall–Kier alpha value is -0.610. The van der Waals surface area contributed by atoms with E-state index in [1.54, 1.807) is 18.2 Å². The van der Waals surface area contributed by atoms with Crippen LogP contribution in [0.2, 0.25) is 10.0 Å². The van der Waals surface area contributed by atoms with Gasteiger partial charge in [-0.15, -0.1) is 0 Å². The molecule has 1 aromatic rings. The van der Waals surface area contributed by atoms with E-state index in [9.17, 15) is 9.90 Å². The van der Waals surface area contributed by atoms with Gasteiger partial charge in [0.25, 0.3) is 0 Å². The number of carbonyl (C=O) groups is 1. The summed E-state index contributed by atoms with van der Waals surface area (Å²) in [4.78, 5) is 14.7. The van der Waals surface area contributed by atoms with Gasteiger partial charge in [-0.3, -0.25) is 9.69 Å². The van der Waals surface area contributed by atoms with Gasteiger partial charge in [0, 0.05) is 16.6 Å². The van der Waals surface area contributed by atoms with Gasteiger partial charge in [0.05, 0.1) is 17.7 Å². The lowest BCUT2D eigenvalue weighted by Crippen LogP contribution is -2.50. The number of benzene rings is 1. The predicted molar refractivity (Wildman–Crippen MR) is 81.7 cm³/mol. The summed E-state index contributed by atoms with van der Waals surface area (Å²) in [5.41, 5.74) is 0.492. The number of hydrogen-bond donors (Lipinski definition) is 1. The number of aliphatic hydroxyl groups is 1. The number of aliphatic hydroxyl groups excluding tert-OH is 1. The van der Waals surface area contributed by atoms with Crippen LogP contribution in [0.4, 0.5) is 0 Å². The smallest absolute Gasteiger partial charge is 0.181 e. The van der Waals surface area contributed by atoms with E-state index in [2.05, 4.69) is 4.90 Å². The molecule has 1 saturated heterocycles. The van der Waals surface area contributed by atoms with Crippen LogP contribution in [-0.2, 0) is 0 Å². The molecule has 0 aromatic heterocycles. The molecule has 1 aliphatic heterocycles. The van der Waals surface area contributed by atoms with Crippen molar-refractivity contribution in [3.8, 4) is 0 Å². The second kappa shape index (κ2) is 6.90. The van der Waals surface area contributed by atoms with Crippen LogP contribution in [0.5, 0.6) is 0 Å². The van der Waals surface area contributed by atoms with Gasteiger partial charge in [-0.2, -0.15) is 0 Å². The van der Waals surface area contributed by atoms with Gasteiger partial charge in [0.2, 0.25) is 0 Å². The number of hydrogen-bond acceptors (Lipinski definition) is 3. The van der Waals surface area contributed by atoms with Crippen molar-refractivity contribution in [1.29, 1.82) is 0 Å². The van der Waals surface area contributed by atoms with E-state index in [4.69, 9.17) is 23.2 Å². The van der Waals surface area contributed by atoms with E-state index in [-0.39, 0.29) is 24.5 Å². The number of ketones is 1. The zero-order valence-electron chi connectivity index (χ0n) is 11.5. The van der Waals surface area contributed by atoms with Crippen molar-refractivity contribution in [2.24, 2.45) is 0 Å². The molecule has 1 aromatic carbocycles. The summed E-state index contributed by atoms with van der Waals surface area (Å²) in [5, 5.41) is 10.4. The Kier molecular flexibility index (Phi) is 5.44. The summed E-state index contributed by atoms with van der Waals surface area (Å²) < 4.78 is 0. The standard InChI is InChI=1S/C15H19Cl2NO2/c1-10(18-7-3-2-4-12(18)9-19)15(20)13-6-5-11(16)8-14(13)17/h5-6,8,10,12,19H,2-4,7,9H2,1H3. The maximum Gasteiger partial charge on any atom is 0.181 e. The highest BCUT2D eigenvalue weighted by atomic mass is 35.5. The van der Waals surface area contributed by atoms with Gasteiger partial charge in [-0.1, -0.05) is 29.6 Å². The van der Waals surface area contributed by atoms with Crippen molar-refractivity contribution < 1.29 is 9.90 Å². The maximum atomic E-state index is 12.6. The number of rotatable bonds is 4. The molecule has 1 N–H and O–H groups in total. The summed E-state index contributed by atoms with van der Waals surface area (Å²) in [6.07, 6.45) is 3.09. The number of nitrogens with zero attached hydrogens (tertiary/aromatic N) is 1. The second-order valence-corrected chi connectivity index (χ2v) is 6.08. The summed E-state index contributed by atoms with van der Waals surface area (Å²) >= 11 is 12.0. The van der Waals surface area contributed by atoms with Gasteiger partial charge in [-0.05, 0) is 44.5 Å². The maximum absolute atomic E-state index is 12.6. The Morgan fingerprint density at radius 2 is 2.20 bits per heavy atom. The molecule has 3 nitrogen and oxygen atoms in total. The van der Waals surface area contributed by atoms with Crippen LogP contribution in [0.3, 0.4) is 0 Å². The van der Waals surface area contributed by atoms with Gasteiger partial charge in [0.1, 0.15) is 0 Å². The van der Waals surface area contributed by atoms with Crippen LogP contribution in [0.25, 0.3) is 0 Å². The first kappa shape index (κ1) is 15.8. The van der Waals surface area contributed by atoms with E-state index in [1.807, 2.05) is 6.92 Å². The lowest BCUT2D eigenvalue weighted by atomic mass is 9.97. The highest BCUT2D eigenvalue weighted by Crippen LogP contribution is 2.26. The lowest BCUT2D eigenvalue weighted by Gasteiger charge is -2.38. The Morgan fingerprint density at radius 3 is 2.85 bits per heavy atom. The van der Waals surface area contributed by atoms with E-state index in [0.29, 0.717) is 15.6 Å². The minimum atomic E-state index is -0.286. The fourth-order valence-corrected chi connectivity index (χ4v) is 3.30.